The summed E-state index contributed by atoms with van der Waals surface area (Å²) < 4.78 is 5.47. The molecule has 0 atom stereocenters. The van der Waals surface area contributed by atoms with Gasteiger partial charge in [-0.05, 0) is 38.5 Å². The molecule has 1 heterocycles. The maximum absolute atomic E-state index is 12.6. The van der Waals surface area contributed by atoms with E-state index in [1.807, 2.05) is 0 Å². The number of hydrogen-bond acceptors (Lipinski definition) is 4. The molecular weight excluding hydrogens is 280 g/mol. The van der Waals surface area contributed by atoms with Crippen LogP contribution in [0, 0.1) is 0 Å². The van der Waals surface area contributed by atoms with Gasteiger partial charge in [0, 0.05) is 31.1 Å². The van der Waals surface area contributed by atoms with E-state index in [2.05, 4.69) is 10.2 Å². The number of nitrogens with one attached hydrogen (secondary N) is 1. The van der Waals surface area contributed by atoms with Crippen LogP contribution in [0.1, 0.15) is 57.8 Å². The van der Waals surface area contributed by atoms with Crippen molar-refractivity contribution >= 4 is 5.91 Å². The van der Waals surface area contributed by atoms with Crippen LogP contribution in [0.3, 0.4) is 0 Å². The van der Waals surface area contributed by atoms with Gasteiger partial charge in [-0.25, -0.2) is 0 Å². The van der Waals surface area contributed by atoms with Crippen LogP contribution < -0.4 is 5.32 Å². The third kappa shape index (κ3) is 3.81. The number of carbonyl (C=O) groups excluding carboxylic acids is 1. The van der Waals surface area contributed by atoms with E-state index in [1.165, 1.54) is 12.8 Å². The Labute approximate surface area is 133 Å². The first-order valence-corrected chi connectivity index (χ1v) is 8.98. The van der Waals surface area contributed by atoms with Crippen LogP contribution in [-0.4, -0.2) is 59.9 Å². The second-order valence-corrected chi connectivity index (χ2v) is 7.28. The van der Waals surface area contributed by atoms with E-state index in [1.54, 1.807) is 0 Å². The number of ether oxygens (including phenoxy) is 1. The van der Waals surface area contributed by atoms with Crippen molar-refractivity contribution in [2.45, 2.75) is 75.5 Å². The molecule has 0 unspecified atom stereocenters. The summed E-state index contributed by atoms with van der Waals surface area (Å²) in [6.07, 6.45) is 8.69. The van der Waals surface area contributed by atoms with Gasteiger partial charge in [-0.1, -0.05) is 12.8 Å². The van der Waals surface area contributed by atoms with E-state index in [0.717, 1.165) is 64.8 Å². The van der Waals surface area contributed by atoms with E-state index in [0.29, 0.717) is 6.42 Å². The highest BCUT2D eigenvalue weighted by atomic mass is 16.5. The monoisotopic (exact) mass is 310 g/mol. The maximum atomic E-state index is 12.6. The summed E-state index contributed by atoms with van der Waals surface area (Å²) >= 11 is 0. The molecule has 0 aromatic rings. The molecule has 126 valence electrons. The minimum atomic E-state index is -0.164. The molecule has 2 aliphatic carbocycles. The van der Waals surface area contributed by atoms with Crippen LogP contribution >= 0.6 is 0 Å². The topological polar surface area (TPSA) is 61.8 Å². The number of amides is 1. The largest absolute Gasteiger partial charge is 0.393 e. The Hall–Kier alpha value is -0.650. The van der Waals surface area contributed by atoms with Crippen molar-refractivity contribution in [3.63, 3.8) is 0 Å². The Morgan fingerprint density at radius 3 is 2.41 bits per heavy atom. The molecule has 3 aliphatic rings. The number of nitrogens with zero attached hydrogens (tertiary/aromatic N) is 1. The van der Waals surface area contributed by atoms with Gasteiger partial charge in [0.25, 0.3) is 0 Å². The first-order valence-electron chi connectivity index (χ1n) is 8.98. The predicted octanol–water partition coefficient (Wildman–Crippen LogP) is 1.44. The highest BCUT2D eigenvalue weighted by Crippen LogP contribution is 2.38. The van der Waals surface area contributed by atoms with Gasteiger partial charge >= 0.3 is 0 Å². The zero-order valence-electron chi connectivity index (χ0n) is 13.6. The molecule has 2 saturated carbocycles. The van der Waals surface area contributed by atoms with Gasteiger partial charge in [0.1, 0.15) is 0 Å². The summed E-state index contributed by atoms with van der Waals surface area (Å²) in [5.74, 6) is 0.204. The zero-order chi connectivity index (χ0) is 15.4. The fraction of sp³-hybridized carbons (Fsp3) is 0.941. The number of hydrogen-bond donors (Lipinski definition) is 2. The van der Waals surface area contributed by atoms with Crippen LogP contribution in [0.5, 0.6) is 0 Å². The second-order valence-electron chi connectivity index (χ2n) is 7.28. The second kappa shape index (κ2) is 7.28. The van der Waals surface area contributed by atoms with Crippen molar-refractivity contribution < 1.29 is 14.6 Å². The Balaban J connectivity index is 1.55. The zero-order valence-corrected chi connectivity index (χ0v) is 13.6. The first-order chi connectivity index (χ1) is 10.7. The molecule has 0 spiro atoms. The molecule has 1 amide bonds. The molecule has 3 fully saturated rings. The molecular formula is C17H30N2O3. The lowest BCUT2D eigenvalue weighted by Crippen LogP contribution is -2.54. The van der Waals surface area contributed by atoms with Crippen molar-refractivity contribution in [3.05, 3.63) is 0 Å². The highest BCUT2D eigenvalue weighted by molar-refractivity contribution is 5.77. The standard InChI is InChI=1S/C17H30N2O3/c20-15-5-3-14(4-6-15)18-16(21)13-17(7-1-2-8-17)19-9-11-22-12-10-19/h14-15,20H,1-13H2,(H,18,21). The Morgan fingerprint density at radius 1 is 1.14 bits per heavy atom. The lowest BCUT2D eigenvalue weighted by Gasteiger charge is -2.43. The van der Waals surface area contributed by atoms with Crippen molar-refractivity contribution in [2.75, 3.05) is 26.3 Å². The molecule has 1 aliphatic heterocycles. The average Bonchev–Trinajstić information content (AvgIpc) is 3.00. The highest BCUT2D eigenvalue weighted by Gasteiger charge is 2.41. The molecule has 2 N–H and O–H groups in total. The number of morpholine rings is 1. The van der Waals surface area contributed by atoms with Crippen molar-refractivity contribution in [1.82, 2.24) is 10.2 Å². The summed E-state index contributed by atoms with van der Waals surface area (Å²) in [6, 6.07) is 0.263. The Kier molecular flexibility index (Phi) is 5.37. The minimum Gasteiger partial charge on any atom is -0.393 e. The van der Waals surface area contributed by atoms with E-state index < -0.39 is 0 Å². The number of rotatable bonds is 4. The van der Waals surface area contributed by atoms with Crippen LogP contribution in [0.4, 0.5) is 0 Å². The van der Waals surface area contributed by atoms with Gasteiger partial charge in [-0.15, -0.1) is 0 Å². The summed E-state index contributed by atoms with van der Waals surface area (Å²) in [5.41, 5.74) is 0.0715. The normalized spacial score (nSPS) is 32.8. The van der Waals surface area contributed by atoms with Gasteiger partial charge in [-0.3, -0.25) is 9.69 Å². The van der Waals surface area contributed by atoms with Crippen LogP contribution in [-0.2, 0) is 9.53 Å². The summed E-state index contributed by atoms with van der Waals surface area (Å²) in [5, 5.41) is 12.8. The van der Waals surface area contributed by atoms with E-state index in [9.17, 15) is 9.90 Å². The molecule has 3 rings (SSSR count). The van der Waals surface area contributed by atoms with Crippen LogP contribution in [0.2, 0.25) is 0 Å². The van der Waals surface area contributed by atoms with Crippen molar-refractivity contribution in [1.29, 1.82) is 0 Å². The van der Waals surface area contributed by atoms with E-state index >= 15 is 0 Å². The quantitative estimate of drug-likeness (QED) is 0.825. The summed E-state index contributed by atoms with van der Waals surface area (Å²) in [7, 11) is 0. The van der Waals surface area contributed by atoms with Crippen LogP contribution in [0.15, 0.2) is 0 Å². The third-order valence-electron chi connectivity index (χ3n) is 5.77. The fourth-order valence-electron chi connectivity index (χ4n) is 4.47. The van der Waals surface area contributed by atoms with E-state index in [4.69, 9.17) is 4.74 Å². The van der Waals surface area contributed by atoms with Gasteiger partial charge < -0.3 is 15.2 Å². The van der Waals surface area contributed by atoms with Crippen LogP contribution in [0.25, 0.3) is 0 Å². The van der Waals surface area contributed by atoms with Crippen molar-refractivity contribution in [3.8, 4) is 0 Å². The number of aliphatic hydroxyl groups excluding tert-OH is 1. The molecule has 1 saturated heterocycles. The molecule has 0 radical (unpaired) electrons. The predicted molar refractivity (Wildman–Crippen MR) is 84.6 cm³/mol. The summed E-state index contributed by atoms with van der Waals surface area (Å²) in [6.45, 7) is 3.51. The van der Waals surface area contributed by atoms with Gasteiger partial charge in [0.15, 0.2) is 0 Å². The van der Waals surface area contributed by atoms with Crippen molar-refractivity contribution in [2.24, 2.45) is 0 Å². The molecule has 0 aromatic heterocycles. The molecule has 0 aromatic carbocycles. The molecule has 0 bridgehead atoms. The van der Waals surface area contributed by atoms with Gasteiger partial charge in [0.2, 0.25) is 5.91 Å². The summed E-state index contributed by atoms with van der Waals surface area (Å²) in [4.78, 5) is 15.1. The lowest BCUT2D eigenvalue weighted by atomic mass is 9.88. The Morgan fingerprint density at radius 2 is 1.77 bits per heavy atom. The SMILES string of the molecule is O=C(CC1(N2CCOCC2)CCCC1)NC1CCC(O)CC1. The number of carbonyl (C=O) groups is 1. The van der Waals surface area contributed by atoms with Gasteiger partial charge in [0.05, 0.1) is 19.3 Å². The third-order valence-corrected chi connectivity index (χ3v) is 5.77. The van der Waals surface area contributed by atoms with Gasteiger partial charge in [-0.2, -0.15) is 0 Å². The minimum absolute atomic E-state index is 0.0715. The maximum Gasteiger partial charge on any atom is 0.222 e. The first kappa shape index (κ1) is 16.2. The average molecular weight is 310 g/mol. The lowest BCUT2D eigenvalue weighted by molar-refractivity contribution is -0.126. The Bertz CT molecular complexity index is 368. The van der Waals surface area contributed by atoms with E-state index in [-0.39, 0.29) is 23.6 Å². The molecule has 5 nitrogen and oxygen atoms in total. The smallest absolute Gasteiger partial charge is 0.222 e. The molecule has 5 heteroatoms. The number of aliphatic hydroxyl groups is 1. The fourth-order valence-corrected chi connectivity index (χ4v) is 4.47. The molecule has 22 heavy (non-hydrogen) atoms.